The number of halogens is 2. The molecule has 98 valence electrons. The van der Waals surface area contributed by atoms with Crippen LogP contribution in [0.1, 0.15) is 12.6 Å². The Morgan fingerprint density at radius 3 is 2.74 bits per heavy atom. The van der Waals surface area contributed by atoms with E-state index in [1.165, 1.54) is 6.07 Å². The lowest BCUT2D eigenvalue weighted by molar-refractivity contribution is 0.590. The molecule has 0 aliphatic carbocycles. The Bertz CT molecular complexity index is 757. The van der Waals surface area contributed by atoms with E-state index in [0.29, 0.717) is 11.3 Å². The van der Waals surface area contributed by atoms with Gasteiger partial charge in [0.15, 0.2) is 11.6 Å². The summed E-state index contributed by atoms with van der Waals surface area (Å²) < 4.78 is 28.4. The van der Waals surface area contributed by atoms with E-state index in [2.05, 4.69) is 15.1 Å². The summed E-state index contributed by atoms with van der Waals surface area (Å²) in [5.41, 5.74) is 2.14. The van der Waals surface area contributed by atoms with Crippen molar-refractivity contribution in [3.63, 3.8) is 0 Å². The number of rotatable bonds is 2. The van der Waals surface area contributed by atoms with Gasteiger partial charge < -0.3 is 4.98 Å². The fourth-order valence-corrected chi connectivity index (χ4v) is 2.08. The molecule has 1 N–H and O–H groups in total. The first-order valence-corrected chi connectivity index (χ1v) is 5.96. The van der Waals surface area contributed by atoms with Gasteiger partial charge in [-0.25, -0.2) is 13.8 Å². The van der Waals surface area contributed by atoms with Crippen molar-refractivity contribution in [3.8, 4) is 11.5 Å². The van der Waals surface area contributed by atoms with Gasteiger partial charge in [0.05, 0.1) is 11.2 Å². The average Bonchev–Trinajstić information content (AvgIpc) is 2.92. The van der Waals surface area contributed by atoms with Crippen molar-refractivity contribution in [2.75, 3.05) is 0 Å². The number of hydrogen-bond donors (Lipinski definition) is 1. The molecule has 4 nitrogen and oxygen atoms in total. The lowest BCUT2D eigenvalue weighted by atomic mass is 10.3. The summed E-state index contributed by atoms with van der Waals surface area (Å²) in [6, 6.07) is 3.94. The van der Waals surface area contributed by atoms with Crippen molar-refractivity contribution in [1.29, 1.82) is 0 Å². The summed E-state index contributed by atoms with van der Waals surface area (Å²) in [6.45, 7) is 2.00. The number of imidazole rings is 1. The third-order valence-corrected chi connectivity index (χ3v) is 3.04. The van der Waals surface area contributed by atoms with Crippen LogP contribution in [-0.4, -0.2) is 19.7 Å². The topological polar surface area (TPSA) is 46.5 Å². The van der Waals surface area contributed by atoms with Crippen LogP contribution in [0, 0.1) is 11.6 Å². The number of nitrogens with one attached hydrogen (secondary N) is 1. The lowest BCUT2D eigenvalue weighted by Gasteiger charge is -1.95. The Balaban J connectivity index is 2.20. The molecular formula is C13H12F2N4. The smallest absolute Gasteiger partial charge is 0.156 e. The van der Waals surface area contributed by atoms with E-state index in [4.69, 9.17) is 0 Å². The molecule has 0 bridgehead atoms. The predicted octanol–water partition coefficient (Wildman–Crippen LogP) is 2.80. The van der Waals surface area contributed by atoms with E-state index in [9.17, 15) is 8.78 Å². The minimum absolute atomic E-state index is 0.135. The molecule has 0 aliphatic rings. The van der Waals surface area contributed by atoms with E-state index in [1.807, 2.05) is 13.0 Å². The van der Waals surface area contributed by atoms with E-state index in [-0.39, 0.29) is 5.52 Å². The first-order valence-electron chi connectivity index (χ1n) is 5.96. The molecule has 2 heterocycles. The molecule has 0 atom stereocenters. The quantitative estimate of drug-likeness (QED) is 0.772. The number of fused-ring (bicyclic) bond motifs is 1. The Morgan fingerprint density at radius 2 is 2.05 bits per heavy atom. The summed E-state index contributed by atoms with van der Waals surface area (Å²) >= 11 is 0. The summed E-state index contributed by atoms with van der Waals surface area (Å²) in [7, 11) is 1.79. The van der Waals surface area contributed by atoms with E-state index >= 15 is 0 Å². The lowest BCUT2D eigenvalue weighted by Crippen LogP contribution is -1.95. The normalized spacial score (nSPS) is 11.4. The molecule has 0 fully saturated rings. The number of H-pyrrole nitrogens is 1. The third-order valence-electron chi connectivity index (χ3n) is 3.04. The van der Waals surface area contributed by atoms with Gasteiger partial charge in [-0.3, -0.25) is 4.68 Å². The molecule has 0 saturated carbocycles. The van der Waals surface area contributed by atoms with Gasteiger partial charge in [0, 0.05) is 13.1 Å². The number of aryl methyl sites for hydroxylation is 2. The van der Waals surface area contributed by atoms with Gasteiger partial charge in [0.1, 0.15) is 17.0 Å². The van der Waals surface area contributed by atoms with Crippen LogP contribution in [0.3, 0.4) is 0 Å². The minimum Gasteiger partial charge on any atom is -0.336 e. The fraction of sp³-hybridized carbons (Fsp3) is 0.231. The summed E-state index contributed by atoms with van der Waals surface area (Å²) in [5.74, 6) is -0.816. The summed E-state index contributed by atoms with van der Waals surface area (Å²) in [6.07, 6.45) is 0.803. The van der Waals surface area contributed by atoms with Crippen molar-refractivity contribution in [2.24, 2.45) is 7.05 Å². The SMILES string of the molecule is CCc1cc(-c2nc3c(F)cc(F)cc3[nH]2)n(C)n1. The van der Waals surface area contributed by atoms with Crippen LogP contribution in [0.5, 0.6) is 0 Å². The third kappa shape index (κ3) is 1.89. The minimum atomic E-state index is -0.671. The zero-order valence-electron chi connectivity index (χ0n) is 10.5. The number of aromatic nitrogens is 4. The Hall–Kier alpha value is -2.24. The molecule has 0 unspecified atom stereocenters. The molecule has 0 amide bonds. The molecule has 6 heteroatoms. The number of hydrogen-bond acceptors (Lipinski definition) is 2. The van der Waals surface area contributed by atoms with Crippen molar-refractivity contribution >= 4 is 11.0 Å². The standard InChI is InChI=1S/C13H12F2N4/c1-3-8-6-11(19(2)18-8)13-16-10-5-7(14)4-9(15)12(10)17-13/h4-6H,3H2,1-2H3,(H,16,17). The van der Waals surface area contributed by atoms with E-state index in [0.717, 1.165) is 23.9 Å². The Kier molecular flexibility index (Phi) is 2.58. The van der Waals surface area contributed by atoms with Crippen molar-refractivity contribution < 1.29 is 8.78 Å². The molecule has 3 rings (SSSR count). The number of nitrogens with zero attached hydrogens (tertiary/aromatic N) is 3. The summed E-state index contributed by atoms with van der Waals surface area (Å²) in [5, 5.41) is 4.30. The molecule has 0 radical (unpaired) electrons. The highest BCUT2D eigenvalue weighted by Gasteiger charge is 2.14. The molecular weight excluding hydrogens is 250 g/mol. The predicted molar refractivity (Wildman–Crippen MR) is 67.6 cm³/mol. The van der Waals surface area contributed by atoms with Crippen LogP contribution < -0.4 is 0 Å². The van der Waals surface area contributed by atoms with Crippen LogP contribution in [0.25, 0.3) is 22.6 Å². The zero-order valence-corrected chi connectivity index (χ0v) is 10.5. The highest BCUT2D eigenvalue weighted by Crippen LogP contribution is 2.23. The van der Waals surface area contributed by atoms with Crippen molar-refractivity contribution in [1.82, 2.24) is 19.7 Å². The summed E-state index contributed by atoms with van der Waals surface area (Å²) in [4.78, 5) is 7.09. The largest absolute Gasteiger partial charge is 0.336 e. The van der Waals surface area contributed by atoms with Crippen LogP contribution in [0.2, 0.25) is 0 Å². The first-order chi connectivity index (χ1) is 9.08. The van der Waals surface area contributed by atoms with Gasteiger partial charge >= 0.3 is 0 Å². The van der Waals surface area contributed by atoms with Gasteiger partial charge in [0.2, 0.25) is 0 Å². The van der Waals surface area contributed by atoms with Gasteiger partial charge in [-0.1, -0.05) is 6.92 Å². The van der Waals surface area contributed by atoms with Gasteiger partial charge in [-0.15, -0.1) is 0 Å². The number of benzene rings is 1. The highest BCUT2D eigenvalue weighted by atomic mass is 19.1. The van der Waals surface area contributed by atoms with Crippen molar-refractivity contribution in [3.05, 3.63) is 35.5 Å². The maximum absolute atomic E-state index is 13.6. The molecule has 19 heavy (non-hydrogen) atoms. The molecule has 0 saturated heterocycles. The van der Waals surface area contributed by atoms with Gasteiger partial charge in [0.25, 0.3) is 0 Å². The maximum Gasteiger partial charge on any atom is 0.156 e. The molecule has 2 aromatic heterocycles. The van der Waals surface area contributed by atoms with Gasteiger partial charge in [-0.05, 0) is 18.6 Å². The number of aromatic amines is 1. The van der Waals surface area contributed by atoms with E-state index in [1.54, 1.807) is 11.7 Å². The van der Waals surface area contributed by atoms with E-state index < -0.39 is 11.6 Å². The molecule has 0 spiro atoms. The van der Waals surface area contributed by atoms with Crippen LogP contribution in [0.4, 0.5) is 8.78 Å². The maximum atomic E-state index is 13.6. The van der Waals surface area contributed by atoms with Crippen LogP contribution in [-0.2, 0) is 13.5 Å². The fourth-order valence-electron chi connectivity index (χ4n) is 2.08. The van der Waals surface area contributed by atoms with Crippen LogP contribution in [0.15, 0.2) is 18.2 Å². The zero-order chi connectivity index (χ0) is 13.6. The molecule has 0 aliphatic heterocycles. The first kappa shape index (κ1) is 11.8. The highest BCUT2D eigenvalue weighted by molar-refractivity contribution is 5.79. The van der Waals surface area contributed by atoms with Gasteiger partial charge in [-0.2, -0.15) is 5.10 Å². The molecule has 3 aromatic rings. The van der Waals surface area contributed by atoms with Crippen LogP contribution >= 0.6 is 0 Å². The second-order valence-electron chi connectivity index (χ2n) is 4.37. The Morgan fingerprint density at radius 1 is 1.26 bits per heavy atom. The second kappa shape index (κ2) is 4.15. The van der Waals surface area contributed by atoms with Crippen molar-refractivity contribution in [2.45, 2.75) is 13.3 Å². The Labute approximate surface area is 108 Å². The monoisotopic (exact) mass is 262 g/mol. The molecule has 1 aromatic carbocycles. The average molecular weight is 262 g/mol. The second-order valence-corrected chi connectivity index (χ2v) is 4.37.